The van der Waals surface area contributed by atoms with Crippen LogP contribution in [0.25, 0.3) is 0 Å². The van der Waals surface area contributed by atoms with Crippen molar-refractivity contribution in [1.29, 1.82) is 0 Å². The first-order valence-corrected chi connectivity index (χ1v) is 5.75. The summed E-state index contributed by atoms with van der Waals surface area (Å²) in [5, 5.41) is 2.36. The molecule has 1 amide bonds. The predicted molar refractivity (Wildman–Crippen MR) is 48.4 cm³/mol. The van der Waals surface area contributed by atoms with E-state index in [1.54, 1.807) is 7.05 Å². The van der Waals surface area contributed by atoms with Gasteiger partial charge in [0.1, 0.15) is 0 Å². The van der Waals surface area contributed by atoms with Gasteiger partial charge in [0.15, 0.2) is 0 Å². The number of rotatable bonds is 3. The van der Waals surface area contributed by atoms with Crippen molar-refractivity contribution < 1.29 is 34.4 Å². The molecule has 0 saturated heterocycles. The van der Waals surface area contributed by atoms with Crippen LogP contribution in [0.1, 0.15) is 0 Å². The molecule has 15 heavy (non-hydrogen) atoms. The van der Waals surface area contributed by atoms with Crippen LogP contribution >= 0.6 is 0 Å². The maximum atomic E-state index is 9.95. The van der Waals surface area contributed by atoms with Crippen LogP contribution in [-0.4, -0.2) is 38.9 Å². The second kappa shape index (κ2) is 6.47. The molecular formula is C4H9NO8S2. The summed E-state index contributed by atoms with van der Waals surface area (Å²) < 4.78 is 55.6. The fourth-order valence-corrected chi connectivity index (χ4v) is 1.08. The molecule has 9 nitrogen and oxygen atoms in total. The minimum absolute atomic E-state index is 0.144. The van der Waals surface area contributed by atoms with Crippen molar-refractivity contribution in [3.63, 3.8) is 0 Å². The third-order valence-electron chi connectivity index (χ3n) is 0.604. The van der Waals surface area contributed by atoms with Gasteiger partial charge in [0.05, 0.1) is 0 Å². The van der Waals surface area contributed by atoms with Crippen LogP contribution < -0.4 is 5.32 Å². The molecule has 0 bridgehead atoms. The molecule has 0 aromatic rings. The molecule has 0 aromatic heterocycles. The van der Waals surface area contributed by atoms with Gasteiger partial charge in [0.25, 0.3) is 0 Å². The van der Waals surface area contributed by atoms with E-state index in [0.29, 0.717) is 0 Å². The zero-order valence-corrected chi connectivity index (χ0v) is 9.08. The average Bonchev–Trinajstić information content (AvgIpc) is 1.97. The highest BCUT2D eigenvalue weighted by atomic mass is 32.3. The lowest BCUT2D eigenvalue weighted by Crippen LogP contribution is -2.13. The predicted octanol–water partition coefficient (Wildman–Crippen LogP) is -1.47. The maximum absolute atomic E-state index is 9.95. The second-order valence-electron chi connectivity index (χ2n) is 1.74. The van der Waals surface area contributed by atoms with Crippen molar-refractivity contribution in [2.75, 3.05) is 7.05 Å². The monoisotopic (exact) mass is 263 g/mol. The quantitative estimate of drug-likeness (QED) is 0.413. The molecule has 0 radical (unpaired) electrons. The first-order valence-electron chi connectivity index (χ1n) is 3.02. The summed E-state index contributed by atoms with van der Waals surface area (Å²) in [4.78, 5) is 9.95. The minimum atomic E-state index is -5.12. The smallest absolute Gasteiger partial charge is 0.356 e. The molecule has 90 valence electrons. The van der Waals surface area contributed by atoms with Crippen molar-refractivity contribution >= 4 is 26.7 Å². The molecule has 0 fully saturated rings. The lowest BCUT2D eigenvalue weighted by Gasteiger charge is -1.89. The van der Waals surface area contributed by atoms with Crippen LogP contribution in [0.5, 0.6) is 0 Å². The van der Waals surface area contributed by atoms with Gasteiger partial charge in [0.2, 0.25) is 5.91 Å². The molecule has 0 heterocycles. The summed E-state index contributed by atoms with van der Waals surface area (Å²) >= 11 is 0. The fourth-order valence-electron chi connectivity index (χ4n) is 0.211. The molecule has 0 saturated carbocycles. The highest BCUT2D eigenvalue weighted by Crippen LogP contribution is 1.91. The summed E-state index contributed by atoms with van der Waals surface area (Å²) in [6, 6.07) is 0. The van der Waals surface area contributed by atoms with Gasteiger partial charge in [-0.1, -0.05) is 6.58 Å². The Balaban J connectivity index is 0. The Labute approximate surface area is 86.7 Å². The van der Waals surface area contributed by atoms with E-state index in [1.807, 2.05) is 0 Å². The van der Waals surface area contributed by atoms with Crippen molar-refractivity contribution in [2.45, 2.75) is 0 Å². The third kappa shape index (κ3) is 19.4. The molecule has 0 aliphatic heterocycles. The number of nitrogens with one attached hydrogen (secondary N) is 1. The highest BCUT2D eigenvalue weighted by molar-refractivity contribution is 7.94. The standard InChI is InChI=1S/C4H7NO.H2O7S2/c1-3-4(6)5-2;1-8(2,3)7-9(4,5)6/h3H,1H2,2H3,(H,5,6);(H,1,2,3)(H,4,5,6). The van der Waals surface area contributed by atoms with Gasteiger partial charge in [-0.15, -0.1) is 3.63 Å². The Morgan fingerprint density at radius 1 is 1.27 bits per heavy atom. The van der Waals surface area contributed by atoms with E-state index < -0.39 is 20.8 Å². The number of amides is 1. The highest BCUT2D eigenvalue weighted by Gasteiger charge is 2.15. The first-order chi connectivity index (χ1) is 6.52. The van der Waals surface area contributed by atoms with Gasteiger partial charge in [-0.25, -0.2) is 0 Å². The van der Waals surface area contributed by atoms with Crippen molar-refractivity contribution in [3.8, 4) is 0 Å². The summed E-state index contributed by atoms with van der Waals surface area (Å²) in [5.74, 6) is -0.144. The molecule has 0 aromatic carbocycles. The lowest BCUT2D eigenvalue weighted by atomic mass is 10.6. The van der Waals surface area contributed by atoms with E-state index in [0.717, 1.165) is 0 Å². The summed E-state index contributed by atoms with van der Waals surface area (Å²) in [6.45, 7) is 3.22. The van der Waals surface area contributed by atoms with E-state index in [2.05, 4.69) is 15.5 Å². The number of hydrogen-bond acceptors (Lipinski definition) is 6. The Kier molecular flexibility index (Phi) is 7.08. The fraction of sp³-hybridized carbons (Fsp3) is 0.250. The summed E-state index contributed by atoms with van der Waals surface area (Å²) in [6.07, 6.45) is 1.22. The molecule has 0 aliphatic rings. The summed E-state index contributed by atoms with van der Waals surface area (Å²) in [5.41, 5.74) is 0. The van der Waals surface area contributed by atoms with E-state index >= 15 is 0 Å². The Morgan fingerprint density at radius 3 is 1.60 bits per heavy atom. The van der Waals surface area contributed by atoms with Crippen molar-refractivity contribution in [1.82, 2.24) is 5.32 Å². The first kappa shape index (κ1) is 16.4. The maximum Gasteiger partial charge on any atom is 0.413 e. The molecule has 3 N–H and O–H groups in total. The molecule has 0 atom stereocenters. The zero-order valence-electron chi connectivity index (χ0n) is 7.44. The zero-order chi connectivity index (χ0) is 12.7. The van der Waals surface area contributed by atoms with E-state index in [-0.39, 0.29) is 5.91 Å². The van der Waals surface area contributed by atoms with Crippen LogP contribution in [0.3, 0.4) is 0 Å². The van der Waals surface area contributed by atoms with Gasteiger partial charge >= 0.3 is 20.8 Å². The van der Waals surface area contributed by atoms with Gasteiger partial charge in [-0.05, 0) is 6.08 Å². The topological polar surface area (TPSA) is 147 Å². The molecule has 0 aliphatic carbocycles. The molecule has 0 rings (SSSR count). The van der Waals surface area contributed by atoms with Gasteiger partial charge in [-0.2, -0.15) is 16.8 Å². The van der Waals surface area contributed by atoms with Gasteiger partial charge in [-0.3, -0.25) is 13.9 Å². The molecular weight excluding hydrogens is 254 g/mol. The van der Waals surface area contributed by atoms with Crippen molar-refractivity contribution in [3.05, 3.63) is 12.7 Å². The SMILES string of the molecule is C=CC(=O)NC.O=S(=O)(O)OS(=O)(=O)O. The van der Waals surface area contributed by atoms with Gasteiger partial charge < -0.3 is 5.32 Å². The van der Waals surface area contributed by atoms with E-state index in [1.165, 1.54) is 6.08 Å². The average molecular weight is 263 g/mol. The Hall–Kier alpha value is -1.01. The van der Waals surface area contributed by atoms with Crippen LogP contribution in [0, 0.1) is 0 Å². The van der Waals surface area contributed by atoms with E-state index in [4.69, 9.17) is 9.11 Å². The normalized spacial score (nSPS) is 10.9. The Bertz CT molecular complexity index is 376. The number of carbonyl (C=O) groups is 1. The molecule has 11 heteroatoms. The van der Waals surface area contributed by atoms with Crippen LogP contribution in [-0.2, 0) is 29.2 Å². The number of hydrogen-bond donors (Lipinski definition) is 3. The number of carbonyl (C=O) groups excluding carboxylic acids is 1. The van der Waals surface area contributed by atoms with Crippen LogP contribution in [0.2, 0.25) is 0 Å². The Morgan fingerprint density at radius 2 is 1.60 bits per heavy atom. The minimum Gasteiger partial charge on any atom is -0.356 e. The van der Waals surface area contributed by atoms with Crippen LogP contribution in [0.4, 0.5) is 0 Å². The van der Waals surface area contributed by atoms with E-state index in [9.17, 15) is 21.6 Å². The third-order valence-corrected chi connectivity index (χ3v) is 1.98. The van der Waals surface area contributed by atoms with Crippen LogP contribution in [0.15, 0.2) is 12.7 Å². The molecule has 0 unspecified atom stereocenters. The largest absolute Gasteiger partial charge is 0.413 e. The number of likely N-dealkylation sites (N-methyl/N-ethyl adjacent to an activating group) is 1. The van der Waals surface area contributed by atoms with Crippen molar-refractivity contribution in [2.24, 2.45) is 0 Å². The summed E-state index contributed by atoms with van der Waals surface area (Å²) in [7, 11) is -8.68. The van der Waals surface area contributed by atoms with Gasteiger partial charge in [0, 0.05) is 7.05 Å². The molecule has 0 spiro atoms. The second-order valence-corrected chi connectivity index (χ2v) is 4.00. The lowest BCUT2D eigenvalue weighted by molar-refractivity contribution is -0.116.